The average molecular weight is 282 g/mol. The minimum atomic E-state index is -0.568. The highest BCUT2D eigenvalue weighted by Gasteiger charge is 2.34. The van der Waals surface area contributed by atoms with Gasteiger partial charge < -0.3 is 20.5 Å². The molecule has 0 spiro atoms. The molecule has 8 nitrogen and oxygen atoms in total. The molecule has 1 aromatic heterocycles. The van der Waals surface area contributed by atoms with Gasteiger partial charge in [-0.15, -0.1) is 0 Å². The van der Waals surface area contributed by atoms with Gasteiger partial charge in [0.25, 0.3) is 5.69 Å². The van der Waals surface area contributed by atoms with E-state index in [4.69, 9.17) is 4.74 Å². The van der Waals surface area contributed by atoms with Gasteiger partial charge in [-0.3, -0.25) is 10.1 Å². The van der Waals surface area contributed by atoms with E-state index in [2.05, 4.69) is 15.6 Å². The van der Waals surface area contributed by atoms with Crippen LogP contribution >= 0.6 is 0 Å². The fraction of sp³-hybridized carbons (Fsp3) is 0.583. The third-order valence-electron chi connectivity index (χ3n) is 3.17. The number of nitrogens with one attached hydrogen (secondary N) is 2. The van der Waals surface area contributed by atoms with Gasteiger partial charge >= 0.3 is 0 Å². The van der Waals surface area contributed by atoms with Crippen molar-refractivity contribution >= 4 is 11.5 Å². The summed E-state index contributed by atoms with van der Waals surface area (Å²) in [7, 11) is 0. The van der Waals surface area contributed by atoms with E-state index in [-0.39, 0.29) is 18.3 Å². The molecule has 1 aliphatic rings. The maximum Gasteiger partial charge on any atom is 0.287 e. The molecule has 0 radical (unpaired) electrons. The van der Waals surface area contributed by atoms with Crippen LogP contribution in [0.15, 0.2) is 18.3 Å². The monoisotopic (exact) mass is 282 g/mol. The standard InChI is InChI=1S/C12H18N4O4/c1-9-5-20-8-12(7-17,15-9)6-14-11-3-2-10(4-13-11)16(18)19/h2-4,9,15,17H,5-8H2,1H3,(H,13,14)/t9-,12+/m1/s1. The lowest BCUT2D eigenvalue weighted by atomic mass is 9.99. The van der Waals surface area contributed by atoms with Crippen molar-refractivity contribution in [1.29, 1.82) is 0 Å². The van der Waals surface area contributed by atoms with E-state index in [9.17, 15) is 15.2 Å². The summed E-state index contributed by atoms with van der Waals surface area (Å²) >= 11 is 0. The molecule has 0 bridgehead atoms. The van der Waals surface area contributed by atoms with Gasteiger partial charge in [-0.1, -0.05) is 0 Å². The van der Waals surface area contributed by atoms with Gasteiger partial charge in [0.2, 0.25) is 0 Å². The van der Waals surface area contributed by atoms with E-state index >= 15 is 0 Å². The number of hydrogen-bond donors (Lipinski definition) is 3. The van der Waals surface area contributed by atoms with E-state index in [1.54, 1.807) is 0 Å². The van der Waals surface area contributed by atoms with Crippen molar-refractivity contribution in [2.24, 2.45) is 0 Å². The van der Waals surface area contributed by atoms with Crippen LogP contribution in [-0.4, -0.2) is 53.0 Å². The quantitative estimate of drug-likeness (QED) is 0.520. The number of morpholine rings is 1. The first-order valence-corrected chi connectivity index (χ1v) is 6.35. The van der Waals surface area contributed by atoms with Crippen LogP contribution < -0.4 is 10.6 Å². The molecule has 1 aromatic rings. The van der Waals surface area contributed by atoms with E-state index < -0.39 is 10.5 Å². The topological polar surface area (TPSA) is 110 Å². The van der Waals surface area contributed by atoms with Crippen LogP contribution in [0.2, 0.25) is 0 Å². The molecule has 0 saturated carbocycles. The lowest BCUT2D eigenvalue weighted by Gasteiger charge is -2.40. The second-order valence-corrected chi connectivity index (χ2v) is 5.01. The molecule has 2 rings (SSSR count). The Labute approximate surface area is 116 Å². The third-order valence-corrected chi connectivity index (χ3v) is 3.17. The molecule has 110 valence electrons. The Bertz CT molecular complexity index is 467. The Hall–Kier alpha value is -1.77. The average Bonchev–Trinajstić information content (AvgIpc) is 2.45. The Morgan fingerprint density at radius 1 is 1.70 bits per heavy atom. The summed E-state index contributed by atoms with van der Waals surface area (Å²) in [6.07, 6.45) is 1.20. The van der Waals surface area contributed by atoms with Crippen molar-refractivity contribution in [2.75, 3.05) is 31.7 Å². The van der Waals surface area contributed by atoms with Crippen molar-refractivity contribution in [3.63, 3.8) is 0 Å². The molecular formula is C12H18N4O4. The summed E-state index contributed by atoms with van der Waals surface area (Å²) in [5.74, 6) is 0.517. The molecular weight excluding hydrogens is 264 g/mol. The summed E-state index contributed by atoms with van der Waals surface area (Å²) in [6.45, 7) is 3.33. The van der Waals surface area contributed by atoms with Crippen LogP contribution in [0.25, 0.3) is 0 Å². The number of hydrogen-bond acceptors (Lipinski definition) is 7. The Morgan fingerprint density at radius 3 is 3.05 bits per heavy atom. The van der Waals surface area contributed by atoms with Crippen LogP contribution in [0.4, 0.5) is 11.5 Å². The highest BCUT2D eigenvalue weighted by Crippen LogP contribution is 2.15. The number of nitrogens with zero attached hydrogens (tertiary/aromatic N) is 2. The van der Waals surface area contributed by atoms with E-state index in [1.807, 2.05) is 6.92 Å². The van der Waals surface area contributed by atoms with Gasteiger partial charge in [-0.25, -0.2) is 4.98 Å². The lowest BCUT2D eigenvalue weighted by Crippen LogP contribution is -2.63. The van der Waals surface area contributed by atoms with Gasteiger partial charge in [0.15, 0.2) is 0 Å². The first-order chi connectivity index (χ1) is 9.54. The Kier molecular flexibility index (Phi) is 4.48. The third kappa shape index (κ3) is 3.41. The second-order valence-electron chi connectivity index (χ2n) is 5.01. The number of nitro groups is 1. The number of anilines is 1. The summed E-state index contributed by atoms with van der Waals surface area (Å²) < 4.78 is 5.46. The molecule has 0 aliphatic carbocycles. The highest BCUT2D eigenvalue weighted by molar-refractivity contribution is 5.40. The molecule has 1 saturated heterocycles. The fourth-order valence-electron chi connectivity index (χ4n) is 2.14. The van der Waals surface area contributed by atoms with Gasteiger partial charge in [0.05, 0.1) is 30.3 Å². The molecule has 0 amide bonds. The SMILES string of the molecule is C[C@@H]1COC[C@@](CO)(CNc2ccc([N+](=O)[O-])cn2)N1. The van der Waals surface area contributed by atoms with Crippen molar-refractivity contribution < 1.29 is 14.8 Å². The summed E-state index contributed by atoms with van der Waals surface area (Å²) in [5, 5.41) is 26.5. The maximum absolute atomic E-state index is 10.5. The predicted octanol–water partition coefficient (Wildman–Crippen LogP) is 0.141. The summed E-state index contributed by atoms with van der Waals surface area (Å²) in [5.41, 5.74) is -0.624. The Balaban J connectivity index is 1.97. The summed E-state index contributed by atoms with van der Waals surface area (Å²) in [4.78, 5) is 14.0. The van der Waals surface area contributed by atoms with Crippen LogP contribution in [0.3, 0.4) is 0 Å². The Morgan fingerprint density at radius 2 is 2.50 bits per heavy atom. The molecule has 20 heavy (non-hydrogen) atoms. The molecule has 0 unspecified atom stereocenters. The molecule has 1 fully saturated rings. The fourth-order valence-corrected chi connectivity index (χ4v) is 2.14. The number of aromatic nitrogens is 1. The first kappa shape index (κ1) is 14.6. The molecule has 2 atom stereocenters. The smallest absolute Gasteiger partial charge is 0.287 e. The zero-order valence-corrected chi connectivity index (χ0v) is 11.2. The first-order valence-electron chi connectivity index (χ1n) is 6.35. The number of aliphatic hydroxyl groups is 1. The number of ether oxygens (including phenoxy) is 1. The number of aliphatic hydroxyl groups excluding tert-OH is 1. The van der Waals surface area contributed by atoms with E-state index in [0.717, 1.165) is 0 Å². The normalized spacial score (nSPS) is 26.2. The minimum Gasteiger partial charge on any atom is -0.394 e. The number of pyridine rings is 1. The predicted molar refractivity (Wildman–Crippen MR) is 72.6 cm³/mol. The van der Waals surface area contributed by atoms with Crippen LogP contribution in [0, 0.1) is 10.1 Å². The van der Waals surface area contributed by atoms with Crippen molar-refractivity contribution in [2.45, 2.75) is 18.5 Å². The second kappa shape index (κ2) is 6.12. The zero-order valence-electron chi connectivity index (χ0n) is 11.2. The van der Waals surface area contributed by atoms with Gasteiger partial charge in [-0.2, -0.15) is 0 Å². The highest BCUT2D eigenvalue weighted by atomic mass is 16.6. The molecule has 2 heterocycles. The zero-order chi connectivity index (χ0) is 14.6. The van der Waals surface area contributed by atoms with Gasteiger partial charge in [0, 0.05) is 18.7 Å². The molecule has 8 heteroatoms. The number of rotatable bonds is 5. The van der Waals surface area contributed by atoms with E-state index in [1.165, 1.54) is 18.3 Å². The largest absolute Gasteiger partial charge is 0.394 e. The van der Waals surface area contributed by atoms with Crippen LogP contribution in [0.1, 0.15) is 6.92 Å². The molecule has 0 aromatic carbocycles. The van der Waals surface area contributed by atoms with Crippen molar-refractivity contribution in [1.82, 2.24) is 10.3 Å². The minimum absolute atomic E-state index is 0.0554. The summed E-state index contributed by atoms with van der Waals surface area (Å²) in [6, 6.07) is 3.08. The van der Waals surface area contributed by atoms with E-state index in [0.29, 0.717) is 25.6 Å². The van der Waals surface area contributed by atoms with Crippen LogP contribution in [-0.2, 0) is 4.74 Å². The van der Waals surface area contributed by atoms with Crippen molar-refractivity contribution in [3.8, 4) is 0 Å². The molecule has 3 N–H and O–H groups in total. The van der Waals surface area contributed by atoms with Gasteiger partial charge in [0.1, 0.15) is 12.0 Å². The maximum atomic E-state index is 10.5. The molecule has 1 aliphatic heterocycles. The lowest BCUT2D eigenvalue weighted by molar-refractivity contribution is -0.385. The van der Waals surface area contributed by atoms with Gasteiger partial charge in [-0.05, 0) is 13.0 Å². The van der Waals surface area contributed by atoms with Crippen molar-refractivity contribution in [3.05, 3.63) is 28.4 Å². The van der Waals surface area contributed by atoms with Crippen LogP contribution in [0.5, 0.6) is 0 Å².